The van der Waals surface area contributed by atoms with E-state index in [1.54, 1.807) is 0 Å². The fourth-order valence-corrected chi connectivity index (χ4v) is 1.27. The fraction of sp³-hybridized carbons (Fsp3) is 0.125. The molecule has 1 aromatic rings. The van der Waals surface area contributed by atoms with Crippen molar-refractivity contribution in [3.8, 4) is 5.75 Å². The molecule has 68 valence electrons. The van der Waals surface area contributed by atoms with E-state index >= 15 is 0 Å². The number of aliphatic imine (C=N–C) groups is 1. The van der Waals surface area contributed by atoms with Crippen LogP contribution in [0.3, 0.4) is 0 Å². The average Bonchev–Trinajstić information content (AvgIpc) is 2.10. The van der Waals surface area contributed by atoms with E-state index in [1.807, 2.05) is 0 Å². The van der Waals surface area contributed by atoms with Crippen molar-refractivity contribution >= 4 is 27.7 Å². The first-order valence-corrected chi connectivity index (χ1v) is 4.13. The molecule has 0 bridgehead atoms. The van der Waals surface area contributed by atoms with Crippen LogP contribution >= 0.6 is 15.9 Å². The second kappa shape index (κ2) is 4.74. The Labute approximate surface area is 82.4 Å². The Morgan fingerprint density at radius 1 is 1.62 bits per heavy atom. The zero-order valence-electron chi connectivity index (χ0n) is 6.46. The molecular weight excluding hydrogens is 241 g/mol. The van der Waals surface area contributed by atoms with E-state index in [-0.39, 0.29) is 0 Å². The Morgan fingerprint density at radius 3 is 2.92 bits per heavy atom. The van der Waals surface area contributed by atoms with Crippen LogP contribution in [0.4, 0.5) is 10.1 Å². The molecule has 0 saturated carbocycles. The molecule has 1 rings (SSSR count). The number of hydrogen-bond acceptors (Lipinski definition) is 3. The Morgan fingerprint density at radius 2 is 2.38 bits per heavy atom. The molecule has 0 aliphatic rings. The molecule has 5 heteroatoms. The summed E-state index contributed by atoms with van der Waals surface area (Å²) >= 11 is 3.14. The molecule has 0 unspecified atom stereocenters. The summed E-state index contributed by atoms with van der Waals surface area (Å²) < 4.78 is 16.9. The van der Waals surface area contributed by atoms with Gasteiger partial charge >= 0.3 is 0 Å². The van der Waals surface area contributed by atoms with Gasteiger partial charge in [0.2, 0.25) is 12.9 Å². The summed E-state index contributed by atoms with van der Waals surface area (Å²) in [6.07, 6.45) is 1.40. The van der Waals surface area contributed by atoms with E-state index < -0.39 is 6.86 Å². The Kier molecular flexibility index (Phi) is 3.61. The van der Waals surface area contributed by atoms with E-state index in [1.165, 1.54) is 24.3 Å². The fourth-order valence-electron chi connectivity index (χ4n) is 0.788. The van der Waals surface area contributed by atoms with Crippen LogP contribution in [0.15, 0.2) is 27.7 Å². The van der Waals surface area contributed by atoms with Gasteiger partial charge in [-0.05, 0) is 34.1 Å². The third-order valence-electron chi connectivity index (χ3n) is 1.30. The van der Waals surface area contributed by atoms with Crippen molar-refractivity contribution in [1.29, 1.82) is 0 Å². The highest BCUT2D eigenvalue weighted by atomic mass is 79.9. The molecule has 0 spiro atoms. The molecule has 0 aliphatic carbocycles. The standard InChI is InChI=1S/C8H5BrFNO2/c9-7-3-6(11-5-12)1-2-8(7)13-4-10/h1-3H,4H2. The first-order valence-electron chi connectivity index (χ1n) is 3.34. The Bertz CT molecular complexity index is 350. The van der Waals surface area contributed by atoms with E-state index in [0.717, 1.165) is 0 Å². The molecule has 0 saturated heterocycles. The summed E-state index contributed by atoms with van der Waals surface area (Å²) in [6.45, 7) is -0.894. The van der Waals surface area contributed by atoms with Crippen LogP contribution in [0.1, 0.15) is 0 Å². The third-order valence-corrected chi connectivity index (χ3v) is 1.92. The average molecular weight is 246 g/mol. The Balaban J connectivity index is 2.97. The molecule has 1 aromatic carbocycles. The number of isocyanates is 1. The summed E-state index contributed by atoms with van der Waals surface area (Å²) in [6, 6.07) is 4.58. The van der Waals surface area contributed by atoms with Gasteiger partial charge in [-0.1, -0.05) is 0 Å². The zero-order valence-corrected chi connectivity index (χ0v) is 8.04. The molecule has 0 aliphatic heterocycles. The maximum atomic E-state index is 11.8. The summed E-state index contributed by atoms with van der Waals surface area (Å²) in [7, 11) is 0. The van der Waals surface area contributed by atoms with Gasteiger partial charge in [0, 0.05) is 0 Å². The lowest BCUT2D eigenvalue weighted by Crippen LogP contribution is -1.90. The molecule has 0 amide bonds. The number of hydrogen-bond donors (Lipinski definition) is 0. The van der Waals surface area contributed by atoms with Gasteiger partial charge in [0.15, 0.2) is 0 Å². The number of halogens is 2. The molecule has 0 atom stereocenters. The van der Waals surface area contributed by atoms with Crippen LogP contribution in [0.25, 0.3) is 0 Å². The van der Waals surface area contributed by atoms with Gasteiger partial charge in [0.25, 0.3) is 0 Å². The number of nitrogens with zero attached hydrogens (tertiary/aromatic N) is 1. The predicted octanol–water partition coefficient (Wildman–Crippen LogP) is 2.72. The van der Waals surface area contributed by atoms with Gasteiger partial charge < -0.3 is 4.74 Å². The maximum Gasteiger partial charge on any atom is 0.240 e. The van der Waals surface area contributed by atoms with E-state index in [2.05, 4.69) is 25.7 Å². The van der Waals surface area contributed by atoms with Crippen molar-refractivity contribution in [2.24, 2.45) is 4.99 Å². The minimum atomic E-state index is -0.894. The Hall–Kier alpha value is -1.19. The highest BCUT2D eigenvalue weighted by Crippen LogP contribution is 2.29. The van der Waals surface area contributed by atoms with Crippen LogP contribution in [-0.4, -0.2) is 12.9 Å². The molecule has 0 heterocycles. The molecule has 13 heavy (non-hydrogen) atoms. The lowest BCUT2D eigenvalue weighted by atomic mass is 10.3. The molecular formula is C8H5BrFNO2. The van der Waals surface area contributed by atoms with Crippen LogP contribution in [0.5, 0.6) is 5.75 Å². The van der Waals surface area contributed by atoms with Gasteiger partial charge in [-0.25, -0.2) is 9.18 Å². The van der Waals surface area contributed by atoms with Gasteiger partial charge in [-0.2, -0.15) is 4.99 Å². The van der Waals surface area contributed by atoms with E-state index in [0.29, 0.717) is 15.9 Å². The summed E-state index contributed by atoms with van der Waals surface area (Å²) in [5.74, 6) is 0.368. The van der Waals surface area contributed by atoms with Gasteiger partial charge in [0.1, 0.15) is 5.75 Å². The second-order valence-corrected chi connectivity index (χ2v) is 2.93. The van der Waals surface area contributed by atoms with Gasteiger partial charge in [-0.3, -0.25) is 0 Å². The zero-order chi connectivity index (χ0) is 9.68. The molecule has 0 N–H and O–H groups in total. The van der Waals surface area contributed by atoms with Crippen LogP contribution in [-0.2, 0) is 4.79 Å². The largest absolute Gasteiger partial charge is 0.462 e. The predicted molar refractivity (Wildman–Crippen MR) is 48.5 cm³/mol. The van der Waals surface area contributed by atoms with Crippen molar-refractivity contribution in [2.75, 3.05) is 6.86 Å². The molecule has 0 radical (unpaired) electrons. The second-order valence-electron chi connectivity index (χ2n) is 2.07. The van der Waals surface area contributed by atoms with Crippen molar-refractivity contribution < 1.29 is 13.9 Å². The minimum absolute atomic E-state index is 0.368. The number of alkyl halides is 1. The topological polar surface area (TPSA) is 38.7 Å². The monoisotopic (exact) mass is 245 g/mol. The van der Waals surface area contributed by atoms with E-state index in [9.17, 15) is 9.18 Å². The highest BCUT2D eigenvalue weighted by Gasteiger charge is 2.01. The highest BCUT2D eigenvalue weighted by molar-refractivity contribution is 9.10. The van der Waals surface area contributed by atoms with Gasteiger partial charge in [-0.15, -0.1) is 0 Å². The number of rotatable bonds is 3. The summed E-state index contributed by atoms with van der Waals surface area (Å²) in [4.78, 5) is 13.3. The van der Waals surface area contributed by atoms with Crippen molar-refractivity contribution in [3.63, 3.8) is 0 Å². The van der Waals surface area contributed by atoms with Gasteiger partial charge in [0.05, 0.1) is 10.2 Å². The normalized spacial score (nSPS) is 9.08. The van der Waals surface area contributed by atoms with Crippen molar-refractivity contribution in [2.45, 2.75) is 0 Å². The summed E-state index contributed by atoms with van der Waals surface area (Å²) in [5.41, 5.74) is 0.438. The van der Waals surface area contributed by atoms with Crippen molar-refractivity contribution in [1.82, 2.24) is 0 Å². The lowest BCUT2D eigenvalue weighted by molar-refractivity contribution is 0.190. The SMILES string of the molecule is O=C=Nc1ccc(OCF)c(Br)c1. The third kappa shape index (κ3) is 2.65. The molecule has 0 aromatic heterocycles. The molecule has 3 nitrogen and oxygen atoms in total. The molecule has 0 fully saturated rings. The summed E-state index contributed by atoms with van der Waals surface area (Å²) in [5, 5.41) is 0. The van der Waals surface area contributed by atoms with Crippen molar-refractivity contribution in [3.05, 3.63) is 22.7 Å². The van der Waals surface area contributed by atoms with E-state index in [4.69, 9.17) is 0 Å². The quantitative estimate of drug-likeness (QED) is 0.607. The smallest absolute Gasteiger partial charge is 0.240 e. The lowest BCUT2D eigenvalue weighted by Gasteiger charge is -2.03. The number of benzene rings is 1. The van der Waals surface area contributed by atoms with Crippen LogP contribution in [0.2, 0.25) is 0 Å². The number of ether oxygens (including phenoxy) is 1. The first kappa shape index (κ1) is 9.89. The number of carbonyl (C=O) groups excluding carboxylic acids is 1. The first-order chi connectivity index (χ1) is 6.27. The van der Waals surface area contributed by atoms with Crippen LogP contribution in [0, 0.1) is 0 Å². The minimum Gasteiger partial charge on any atom is -0.462 e. The van der Waals surface area contributed by atoms with Crippen LogP contribution < -0.4 is 4.74 Å². The maximum absolute atomic E-state index is 11.8.